The molecule has 0 fully saturated rings. The maximum Gasteiger partial charge on any atom is 0.160 e. The summed E-state index contributed by atoms with van der Waals surface area (Å²) < 4.78 is 14.2. The normalized spacial score (nSPS) is 14.2. The molecule has 2 aliphatic rings. The van der Waals surface area contributed by atoms with Crippen LogP contribution in [0.15, 0.2) is 203 Å². The van der Waals surface area contributed by atoms with Crippen LogP contribution in [0.25, 0.3) is 66.1 Å². The number of anilines is 6. The summed E-state index contributed by atoms with van der Waals surface area (Å²) in [5.74, 6) is 0. The van der Waals surface area contributed by atoms with Crippen molar-refractivity contribution in [3.63, 3.8) is 0 Å². The lowest BCUT2D eigenvalue weighted by Crippen LogP contribution is -2.51. The van der Waals surface area contributed by atoms with Crippen LogP contribution in [0.4, 0.5) is 34.1 Å². The molecule has 0 amide bonds. The van der Waals surface area contributed by atoms with E-state index in [0.717, 1.165) is 72.6 Å². The van der Waals surface area contributed by atoms with Gasteiger partial charge in [0.15, 0.2) is 5.58 Å². The Hall–Kier alpha value is -7.39. The van der Waals surface area contributed by atoms with Crippen molar-refractivity contribution >= 4 is 115 Å². The SMILES string of the molecule is C[Si]1(C)c2cc3c(cc2-c2c1cc(N(c1ccccc1)c1ccccc1)c1c2oc2ccccc21)[Si](C)(C)c1cc(N(c2ccccc2)c2ccccc2)c2oc4ccccc4c2c1-3. The molecule has 9 aromatic carbocycles. The molecule has 0 saturated heterocycles. The fraction of sp³-hybridized carbons (Fsp3) is 0.0690. The first-order valence-corrected chi connectivity index (χ1v) is 28.3. The van der Waals surface area contributed by atoms with Gasteiger partial charge in [0, 0.05) is 44.5 Å². The summed E-state index contributed by atoms with van der Waals surface area (Å²) in [6, 6.07) is 70.5. The highest BCUT2D eigenvalue weighted by Crippen LogP contribution is 2.50. The maximum absolute atomic E-state index is 7.15. The first kappa shape index (κ1) is 37.2. The van der Waals surface area contributed by atoms with Crippen molar-refractivity contribution in [1.82, 2.24) is 0 Å². The Labute approximate surface area is 374 Å². The van der Waals surface area contributed by atoms with E-state index in [2.05, 4.69) is 230 Å². The van der Waals surface area contributed by atoms with Crippen LogP contribution in [0.3, 0.4) is 0 Å². The minimum absolute atomic E-state index is 0.908. The predicted molar refractivity (Wildman–Crippen MR) is 275 cm³/mol. The average Bonchev–Trinajstić information content (AvgIpc) is 4.03. The van der Waals surface area contributed by atoms with Gasteiger partial charge in [-0.15, -0.1) is 0 Å². The molecule has 0 radical (unpaired) electrons. The second kappa shape index (κ2) is 13.6. The second-order valence-corrected chi connectivity index (χ2v) is 27.1. The number of furan rings is 2. The standard InChI is InChI=1S/C58H44N2O2Si2/c1-63(2)49-34-44-50(33-43(49)54-51(63)36-46(57-56(54)42-30-18-20-32-48(42)61-57)60(39-25-13-7-14-26-39)40-27-15-8-16-28-40)64(3,4)52-35-45(53-41-29-17-19-31-47(41)62-58(53)55(44)52)59(37-21-9-5-10-22-37)38-23-11-6-12-24-38/h5-36H,1-4H3. The molecule has 2 aliphatic heterocycles. The van der Waals surface area contributed by atoms with Crippen LogP contribution < -0.4 is 30.5 Å². The van der Waals surface area contributed by atoms with E-state index in [4.69, 9.17) is 8.83 Å². The third kappa shape index (κ3) is 5.15. The molecule has 4 nitrogen and oxygen atoms in total. The number of nitrogens with zero attached hydrogens (tertiary/aromatic N) is 2. The van der Waals surface area contributed by atoms with Gasteiger partial charge in [0.25, 0.3) is 0 Å². The molecule has 0 spiro atoms. The van der Waals surface area contributed by atoms with Crippen LogP contribution in [-0.2, 0) is 0 Å². The lowest BCUT2D eigenvalue weighted by atomic mass is 9.95. The van der Waals surface area contributed by atoms with Crippen LogP contribution in [0, 0.1) is 0 Å². The average molecular weight is 857 g/mol. The lowest BCUT2D eigenvalue weighted by molar-refractivity contribution is 0.669. The van der Waals surface area contributed by atoms with E-state index in [1.165, 1.54) is 48.4 Å². The maximum atomic E-state index is 7.15. The third-order valence-electron chi connectivity index (χ3n) is 14.2. The number of hydrogen-bond acceptors (Lipinski definition) is 4. The quantitative estimate of drug-likeness (QED) is 0.156. The Bertz CT molecular complexity index is 3590. The Morgan fingerprint density at radius 2 is 0.719 bits per heavy atom. The number of benzene rings is 9. The zero-order valence-electron chi connectivity index (χ0n) is 36.2. The van der Waals surface area contributed by atoms with Crippen LogP contribution in [0.5, 0.6) is 0 Å². The molecule has 64 heavy (non-hydrogen) atoms. The van der Waals surface area contributed by atoms with Crippen molar-refractivity contribution < 1.29 is 8.83 Å². The van der Waals surface area contributed by atoms with E-state index in [9.17, 15) is 0 Å². The second-order valence-electron chi connectivity index (χ2n) is 18.4. The molecule has 6 heteroatoms. The largest absolute Gasteiger partial charge is 0.455 e. The molecule has 0 saturated carbocycles. The summed E-state index contributed by atoms with van der Waals surface area (Å²) in [6.45, 7) is 10.2. The number of para-hydroxylation sites is 6. The monoisotopic (exact) mass is 856 g/mol. The molecule has 4 heterocycles. The molecule has 0 N–H and O–H groups in total. The zero-order chi connectivity index (χ0) is 42.9. The molecule has 0 unspecified atom stereocenters. The van der Waals surface area contributed by atoms with Crippen molar-refractivity contribution in [3.05, 3.63) is 194 Å². The summed E-state index contributed by atoms with van der Waals surface area (Å²) in [4.78, 5) is 4.81. The van der Waals surface area contributed by atoms with E-state index in [0.29, 0.717) is 0 Å². The molecule has 0 aliphatic carbocycles. The van der Waals surface area contributed by atoms with Crippen LogP contribution in [0.2, 0.25) is 26.2 Å². The molecular formula is C58H44N2O2Si2. The Morgan fingerprint density at radius 1 is 0.344 bits per heavy atom. The van der Waals surface area contributed by atoms with E-state index in [1.807, 2.05) is 0 Å². The van der Waals surface area contributed by atoms with E-state index < -0.39 is 16.1 Å². The van der Waals surface area contributed by atoms with Gasteiger partial charge in [0.05, 0.1) is 16.8 Å². The molecule has 0 atom stereocenters. The zero-order valence-corrected chi connectivity index (χ0v) is 38.2. The summed E-state index contributed by atoms with van der Waals surface area (Å²) in [7, 11) is -4.72. The molecule has 306 valence electrons. The van der Waals surface area contributed by atoms with Gasteiger partial charge < -0.3 is 18.6 Å². The molecule has 11 aromatic rings. The topological polar surface area (TPSA) is 32.8 Å². The summed E-state index contributed by atoms with van der Waals surface area (Å²) >= 11 is 0. The highest BCUT2D eigenvalue weighted by atomic mass is 28.3. The third-order valence-corrected chi connectivity index (χ3v) is 21.2. The number of hydrogen-bond donors (Lipinski definition) is 0. The number of fused-ring (bicyclic) bond motifs is 14. The van der Waals surface area contributed by atoms with E-state index >= 15 is 0 Å². The first-order valence-electron chi connectivity index (χ1n) is 22.3. The molecular weight excluding hydrogens is 813 g/mol. The number of rotatable bonds is 6. The van der Waals surface area contributed by atoms with Crippen LogP contribution >= 0.6 is 0 Å². The van der Waals surface area contributed by atoms with E-state index in [1.54, 1.807) is 0 Å². The van der Waals surface area contributed by atoms with Crippen molar-refractivity contribution in [3.8, 4) is 22.3 Å². The first-order chi connectivity index (χ1) is 31.3. The molecule has 0 bridgehead atoms. The molecule has 2 aromatic heterocycles. The fourth-order valence-corrected chi connectivity index (χ4v) is 17.2. The highest BCUT2D eigenvalue weighted by Gasteiger charge is 2.47. The van der Waals surface area contributed by atoms with Gasteiger partial charge in [-0.05, 0) is 110 Å². The van der Waals surface area contributed by atoms with Gasteiger partial charge in [-0.2, -0.15) is 0 Å². The Balaban J connectivity index is 1.09. The van der Waals surface area contributed by atoms with Crippen molar-refractivity contribution in [2.75, 3.05) is 9.80 Å². The molecule has 13 rings (SSSR count). The van der Waals surface area contributed by atoms with Gasteiger partial charge in [0.2, 0.25) is 0 Å². The van der Waals surface area contributed by atoms with Gasteiger partial charge in [-0.3, -0.25) is 0 Å². The van der Waals surface area contributed by atoms with Gasteiger partial charge in [-0.25, -0.2) is 0 Å². The predicted octanol–water partition coefficient (Wildman–Crippen LogP) is 14.0. The minimum Gasteiger partial charge on any atom is -0.455 e. The summed E-state index contributed by atoms with van der Waals surface area (Å²) in [5.41, 5.74) is 15.7. The van der Waals surface area contributed by atoms with Crippen molar-refractivity contribution in [2.45, 2.75) is 26.2 Å². The smallest absolute Gasteiger partial charge is 0.160 e. The van der Waals surface area contributed by atoms with Crippen molar-refractivity contribution in [2.24, 2.45) is 0 Å². The minimum atomic E-state index is -2.36. The Kier molecular flexibility index (Phi) is 7.88. The van der Waals surface area contributed by atoms with Crippen molar-refractivity contribution in [1.29, 1.82) is 0 Å². The highest BCUT2D eigenvalue weighted by molar-refractivity contribution is 7.06. The summed E-state index contributed by atoms with van der Waals surface area (Å²) in [5, 5.41) is 10.4. The lowest BCUT2D eigenvalue weighted by Gasteiger charge is -2.28. The Morgan fingerprint density at radius 3 is 1.22 bits per heavy atom. The summed E-state index contributed by atoms with van der Waals surface area (Å²) in [6.07, 6.45) is 0. The van der Waals surface area contributed by atoms with Crippen LogP contribution in [0.1, 0.15) is 0 Å². The van der Waals surface area contributed by atoms with Gasteiger partial charge in [-0.1, -0.05) is 148 Å². The van der Waals surface area contributed by atoms with Crippen LogP contribution in [-0.4, -0.2) is 16.1 Å². The van der Waals surface area contributed by atoms with Gasteiger partial charge >= 0.3 is 0 Å². The van der Waals surface area contributed by atoms with Gasteiger partial charge in [0.1, 0.15) is 32.9 Å². The van der Waals surface area contributed by atoms with E-state index in [-0.39, 0.29) is 0 Å². The fourth-order valence-electron chi connectivity index (χ4n) is 11.1.